The Hall–Kier alpha value is -1.93. The van der Waals surface area contributed by atoms with Crippen LogP contribution in [0, 0.1) is 18.3 Å². The predicted molar refractivity (Wildman–Crippen MR) is 74.6 cm³/mol. The third-order valence-corrected chi connectivity index (χ3v) is 3.17. The average molecular weight is 273 g/mol. The highest BCUT2D eigenvalue weighted by Gasteiger charge is 2.20. The summed E-state index contributed by atoms with van der Waals surface area (Å²) in [7, 11) is 0. The number of hydrogen-bond acceptors (Lipinski definition) is 5. The molecular formula is C14H15N3OS. The Bertz CT molecular complexity index is 635. The van der Waals surface area contributed by atoms with Gasteiger partial charge in [-0.2, -0.15) is 14.6 Å². The average Bonchev–Trinajstić information content (AvgIpc) is 2.80. The van der Waals surface area contributed by atoms with Crippen LogP contribution in [-0.4, -0.2) is 9.36 Å². The van der Waals surface area contributed by atoms with Crippen LogP contribution in [0.1, 0.15) is 37.7 Å². The van der Waals surface area contributed by atoms with Gasteiger partial charge >= 0.3 is 0 Å². The molecule has 0 saturated heterocycles. The van der Waals surface area contributed by atoms with Gasteiger partial charge in [-0.25, -0.2) is 0 Å². The van der Waals surface area contributed by atoms with Crippen molar-refractivity contribution in [2.24, 2.45) is 0 Å². The van der Waals surface area contributed by atoms with Gasteiger partial charge in [0.25, 0.3) is 5.19 Å². The minimum atomic E-state index is -0.0855. The summed E-state index contributed by atoms with van der Waals surface area (Å²) in [6.07, 6.45) is 0. The third kappa shape index (κ3) is 3.09. The van der Waals surface area contributed by atoms with E-state index >= 15 is 0 Å². The van der Waals surface area contributed by atoms with E-state index in [1.165, 1.54) is 11.5 Å². The van der Waals surface area contributed by atoms with E-state index in [1.807, 2.05) is 6.92 Å². The molecule has 19 heavy (non-hydrogen) atoms. The summed E-state index contributed by atoms with van der Waals surface area (Å²) in [5.74, 6) is 1.48. The summed E-state index contributed by atoms with van der Waals surface area (Å²) in [4.78, 5) is 4.38. The van der Waals surface area contributed by atoms with Crippen LogP contribution in [-0.2, 0) is 5.41 Å². The molecule has 0 unspecified atom stereocenters. The van der Waals surface area contributed by atoms with Gasteiger partial charge in [0.2, 0.25) is 0 Å². The van der Waals surface area contributed by atoms with E-state index in [1.54, 1.807) is 18.2 Å². The molecule has 1 aromatic heterocycles. The van der Waals surface area contributed by atoms with Crippen LogP contribution in [0.3, 0.4) is 0 Å². The number of nitriles is 1. The molecule has 0 fully saturated rings. The zero-order chi connectivity index (χ0) is 14.0. The molecule has 4 nitrogen and oxygen atoms in total. The van der Waals surface area contributed by atoms with Crippen molar-refractivity contribution in [1.29, 1.82) is 5.26 Å². The summed E-state index contributed by atoms with van der Waals surface area (Å²) in [5.41, 5.74) is 1.45. The molecule has 98 valence electrons. The first-order valence-electron chi connectivity index (χ1n) is 5.93. The van der Waals surface area contributed by atoms with Crippen LogP contribution in [0.25, 0.3) is 0 Å². The van der Waals surface area contributed by atoms with Gasteiger partial charge in [0, 0.05) is 16.9 Å². The molecule has 5 heteroatoms. The van der Waals surface area contributed by atoms with Gasteiger partial charge in [-0.1, -0.05) is 20.8 Å². The zero-order valence-electron chi connectivity index (χ0n) is 11.4. The van der Waals surface area contributed by atoms with Crippen molar-refractivity contribution in [3.63, 3.8) is 0 Å². The highest BCUT2D eigenvalue weighted by Crippen LogP contribution is 2.29. The molecule has 0 amide bonds. The van der Waals surface area contributed by atoms with Gasteiger partial charge in [-0.3, -0.25) is 0 Å². The maximum Gasteiger partial charge on any atom is 0.298 e. The van der Waals surface area contributed by atoms with Crippen LogP contribution in [0.4, 0.5) is 0 Å². The molecule has 0 radical (unpaired) electrons. The third-order valence-electron chi connectivity index (χ3n) is 2.58. The molecule has 2 aromatic rings. The highest BCUT2D eigenvalue weighted by molar-refractivity contribution is 7.07. The molecule has 0 bridgehead atoms. The number of hydrogen-bond donors (Lipinski definition) is 0. The molecule has 0 N–H and O–H groups in total. The minimum Gasteiger partial charge on any atom is -0.430 e. The maximum absolute atomic E-state index is 8.82. The second-order valence-corrected chi connectivity index (χ2v) is 6.04. The van der Waals surface area contributed by atoms with Crippen molar-refractivity contribution in [2.75, 3.05) is 0 Å². The van der Waals surface area contributed by atoms with E-state index in [0.29, 0.717) is 16.5 Å². The van der Waals surface area contributed by atoms with E-state index in [4.69, 9.17) is 10.00 Å². The Morgan fingerprint density at radius 3 is 2.58 bits per heavy atom. The van der Waals surface area contributed by atoms with Crippen LogP contribution < -0.4 is 4.74 Å². The molecular weight excluding hydrogens is 258 g/mol. The first kappa shape index (κ1) is 13.5. The van der Waals surface area contributed by atoms with Crippen molar-refractivity contribution in [3.8, 4) is 17.0 Å². The highest BCUT2D eigenvalue weighted by atomic mass is 32.1. The van der Waals surface area contributed by atoms with E-state index in [-0.39, 0.29) is 5.41 Å². The van der Waals surface area contributed by atoms with Crippen LogP contribution in [0.5, 0.6) is 10.9 Å². The van der Waals surface area contributed by atoms with E-state index in [2.05, 4.69) is 36.2 Å². The lowest BCUT2D eigenvalue weighted by molar-refractivity contribution is 0.465. The lowest BCUT2D eigenvalue weighted by Crippen LogP contribution is -2.12. The summed E-state index contributed by atoms with van der Waals surface area (Å²) < 4.78 is 10.0. The Morgan fingerprint density at radius 2 is 2.05 bits per heavy atom. The van der Waals surface area contributed by atoms with E-state index < -0.39 is 0 Å². The van der Waals surface area contributed by atoms with E-state index in [9.17, 15) is 0 Å². The molecule has 0 aliphatic heterocycles. The van der Waals surface area contributed by atoms with Gasteiger partial charge < -0.3 is 4.74 Å². The molecule has 0 saturated carbocycles. The first-order valence-corrected chi connectivity index (χ1v) is 6.70. The first-order chi connectivity index (χ1) is 8.90. The number of aryl methyl sites for hydroxylation is 1. The molecule has 2 rings (SSSR count). The fourth-order valence-electron chi connectivity index (χ4n) is 1.48. The SMILES string of the molecule is Cc1cc(C#N)ccc1Oc1nc(C(C)(C)C)ns1. The van der Waals surface area contributed by atoms with Gasteiger partial charge in [0.05, 0.1) is 11.6 Å². The lowest BCUT2D eigenvalue weighted by atomic mass is 9.96. The summed E-state index contributed by atoms with van der Waals surface area (Å²) in [6.45, 7) is 8.09. The number of nitrogens with zero attached hydrogens (tertiary/aromatic N) is 3. The van der Waals surface area contributed by atoms with E-state index in [0.717, 1.165) is 11.4 Å². The molecule has 0 atom stereocenters. The fraction of sp³-hybridized carbons (Fsp3) is 0.357. The standard InChI is InChI=1S/C14H15N3OS/c1-9-7-10(8-15)5-6-11(9)18-13-16-12(17-19-13)14(2,3)4/h5-7H,1-4H3. The molecule has 1 aromatic carbocycles. The second kappa shape index (κ2) is 4.98. The monoisotopic (exact) mass is 273 g/mol. The van der Waals surface area contributed by atoms with Crippen LogP contribution >= 0.6 is 11.5 Å². The summed E-state index contributed by atoms with van der Waals surface area (Å²) in [5, 5.41) is 9.35. The van der Waals surface area contributed by atoms with Gasteiger partial charge in [-0.05, 0) is 30.7 Å². The van der Waals surface area contributed by atoms with Gasteiger partial charge in [0.15, 0.2) is 5.82 Å². The van der Waals surface area contributed by atoms with Crippen molar-refractivity contribution < 1.29 is 4.74 Å². The molecule has 0 spiro atoms. The Labute approximate surface area is 116 Å². The lowest BCUT2D eigenvalue weighted by Gasteiger charge is -2.12. The van der Waals surface area contributed by atoms with Crippen molar-refractivity contribution in [2.45, 2.75) is 33.1 Å². The van der Waals surface area contributed by atoms with Crippen LogP contribution in [0.2, 0.25) is 0 Å². The number of aromatic nitrogens is 2. The topological polar surface area (TPSA) is 58.8 Å². The number of ether oxygens (including phenoxy) is 1. The van der Waals surface area contributed by atoms with Crippen molar-refractivity contribution in [3.05, 3.63) is 35.2 Å². The molecule has 0 aliphatic rings. The van der Waals surface area contributed by atoms with Gasteiger partial charge in [-0.15, -0.1) is 0 Å². The maximum atomic E-state index is 8.82. The second-order valence-electron chi connectivity index (χ2n) is 5.33. The minimum absolute atomic E-state index is 0.0855. The largest absolute Gasteiger partial charge is 0.430 e. The Balaban J connectivity index is 2.22. The number of benzene rings is 1. The summed E-state index contributed by atoms with van der Waals surface area (Å²) in [6, 6.07) is 7.41. The molecule has 1 heterocycles. The van der Waals surface area contributed by atoms with Crippen molar-refractivity contribution >= 4 is 11.5 Å². The quantitative estimate of drug-likeness (QED) is 0.834. The predicted octanol–water partition coefficient (Wildman–Crippen LogP) is 3.81. The normalized spacial score (nSPS) is 11.1. The zero-order valence-corrected chi connectivity index (χ0v) is 12.2. The summed E-state index contributed by atoms with van der Waals surface area (Å²) >= 11 is 1.24. The molecule has 0 aliphatic carbocycles. The van der Waals surface area contributed by atoms with Gasteiger partial charge in [0.1, 0.15) is 5.75 Å². The van der Waals surface area contributed by atoms with Crippen LogP contribution in [0.15, 0.2) is 18.2 Å². The number of rotatable bonds is 2. The fourth-order valence-corrected chi connectivity index (χ4v) is 2.22. The Kier molecular flexibility index (Phi) is 3.54. The van der Waals surface area contributed by atoms with Crippen molar-refractivity contribution in [1.82, 2.24) is 9.36 Å². The smallest absolute Gasteiger partial charge is 0.298 e. The Morgan fingerprint density at radius 1 is 1.32 bits per heavy atom.